The van der Waals surface area contributed by atoms with E-state index < -0.39 is 0 Å². The van der Waals surface area contributed by atoms with E-state index in [0.29, 0.717) is 0 Å². The van der Waals surface area contributed by atoms with Crippen LogP contribution in [-0.2, 0) is 14.2 Å². The van der Waals surface area contributed by atoms with Gasteiger partial charge in [-0.25, -0.2) is 0 Å². The van der Waals surface area contributed by atoms with Crippen LogP contribution in [0, 0.1) is 0 Å². The maximum Gasteiger partial charge on any atom is 0.158 e. The van der Waals surface area contributed by atoms with E-state index in [9.17, 15) is 0 Å². The molecule has 0 aromatic heterocycles. The van der Waals surface area contributed by atoms with Crippen molar-refractivity contribution in [1.82, 2.24) is 0 Å². The molecule has 0 N–H and O–H groups in total. The van der Waals surface area contributed by atoms with Gasteiger partial charge in [-0.15, -0.1) is 0 Å². The van der Waals surface area contributed by atoms with Gasteiger partial charge in [0.05, 0.1) is 12.2 Å². The molecule has 0 aliphatic carbocycles. The highest BCUT2D eigenvalue weighted by Crippen LogP contribution is 2.22. The first-order valence-corrected chi connectivity index (χ1v) is 5.75. The molecule has 0 radical (unpaired) electrons. The first-order valence-electron chi connectivity index (χ1n) is 5.75. The minimum atomic E-state index is 0.0258. The first-order chi connectivity index (χ1) is 6.86. The predicted octanol–water partition coefficient (Wildman–Crippen LogP) is 2.10. The van der Waals surface area contributed by atoms with Gasteiger partial charge in [-0.1, -0.05) is 0 Å². The first kappa shape index (κ1) is 10.4. The zero-order valence-electron chi connectivity index (χ0n) is 8.91. The Morgan fingerprint density at radius 2 is 1.86 bits per heavy atom. The molecule has 0 spiro atoms. The van der Waals surface area contributed by atoms with Crippen LogP contribution in [0.4, 0.5) is 0 Å². The van der Waals surface area contributed by atoms with Crippen LogP contribution in [0.5, 0.6) is 0 Å². The molecule has 0 amide bonds. The second-order valence-electron chi connectivity index (χ2n) is 4.19. The lowest BCUT2D eigenvalue weighted by atomic mass is 10.1. The van der Waals surface area contributed by atoms with Crippen LogP contribution in [0.3, 0.4) is 0 Å². The monoisotopic (exact) mass is 200 g/mol. The maximum absolute atomic E-state index is 5.90. The van der Waals surface area contributed by atoms with Gasteiger partial charge < -0.3 is 14.2 Å². The molecule has 2 aliphatic heterocycles. The van der Waals surface area contributed by atoms with E-state index in [1.54, 1.807) is 0 Å². The molecular weight excluding hydrogens is 180 g/mol. The van der Waals surface area contributed by atoms with Gasteiger partial charge in [0.25, 0.3) is 0 Å². The molecule has 2 fully saturated rings. The number of hydrogen-bond donors (Lipinski definition) is 0. The van der Waals surface area contributed by atoms with Crippen LogP contribution in [0.2, 0.25) is 0 Å². The predicted molar refractivity (Wildman–Crippen MR) is 53.1 cm³/mol. The molecule has 2 saturated heterocycles. The Labute approximate surface area is 85.7 Å². The highest BCUT2D eigenvalue weighted by Gasteiger charge is 2.26. The summed E-state index contributed by atoms with van der Waals surface area (Å²) in [6.45, 7) is 3.83. The summed E-state index contributed by atoms with van der Waals surface area (Å²) in [5.74, 6) is 0. The summed E-state index contributed by atoms with van der Waals surface area (Å²) in [5.41, 5.74) is 0. The molecule has 0 aromatic rings. The fourth-order valence-corrected chi connectivity index (χ4v) is 2.09. The lowest BCUT2D eigenvalue weighted by Crippen LogP contribution is -2.38. The average molecular weight is 200 g/mol. The maximum atomic E-state index is 5.90. The third kappa shape index (κ3) is 2.69. The van der Waals surface area contributed by atoms with Crippen LogP contribution in [0.15, 0.2) is 0 Å². The fourth-order valence-electron chi connectivity index (χ4n) is 2.09. The second kappa shape index (κ2) is 5.10. The van der Waals surface area contributed by atoms with Crippen LogP contribution in [0.25, 0.3) is 0 Å². The van der Waals surface area contributed by atoms with Gasteiger partial charge in [-0.2, -0.15) is 0 Å². The summed E-state index contributed by atoms with van der Waals surface area (Å²) >= 11 is 0. The minimum Gasteiger partial charge on any atom is -0.376 e. The van der Waals surface area contributed by atoms with Gasteiger partial charge in [0.1, 0.15) is 0 Å². The average Bonchev–Trinajstić information content (AvgIpc) is 2.23. The summed E-state index contributed by atoms with van der Waals surface area (Å²) < 4.78 is 17.0. The molecule has 0 bridgehead atoms. The van der Waals surface area contributed by atoms with Crippen molar-refractivity contribution in [3.8, 4) is 0 Å². The summed E-state index contributed by atoms with van der Waals surface area (Å²) in [6.07, 6.45) is 6.17. The van der Waals surface area contributed by atoms with Gasteiger partial charge in [0, 0.05) is 13.2 Å². The van der Waals surface area contributed by atoms with Gasteiger partial charge >= 0.3 is 0 Å². The minimum absolute atomic E-state index is 0.0258. The van der Waals surface area contributed by atoms with Crippen molar-refractivity contribution in [2.75, 3.05) is 13.2 Å². The molecule has 0 saturated carbocycles. The molecule has 3 nitrogen and oxygen atoms in total. The van der Waals surface area contributed by atoms with Gasteiger partial charge in [-0.3, -0.25) is 0 Å². The standard InChI is InChI=1S/C11H20O3/c1-9-10(5-4-8-12-9)14-11-6-2-3-7-13-11/h9-11H,2-8H2,1H3. The van der Waals surface area contributed by atoms with Crippen molar-refractivity contribution in [2.45, 2.75) is 57.5 Å². The zero-order valence-corrected chi connectivity index (χ0v) is 8.91. The van der Waals surface area contributed by atoms with E-state index in [1.807, 2.05) is 0 Å². The smallest absolute Gasteiger partial charge is 0.158 e. The summed E-state index contributed by atoms with van der Waals surface area (Å²) in [5, 5.41) is 0. The van der Waals surface area contributed by atoms with E-state index in [4.69, 9.17) is 14.2 Å². The number of ether oxygens (including phenoxy) is 3. The third-order valence-corrected chi connectivity index (χ3v) is 3.00. The van der Waals surface area contributed by atoms with Crippen LogP contribution < -0.4 is 0 Å². The number of hydrogen-bond acceptors (Lipinski definition) is 3. The van der Waals surface area contributed by atoms with E-state index in [2.05, 4.69) is 6.92 Å². The Kier molecular flexibility index (Phi) is 3.79. The molecule has 3 unspecified atom stereocenters. The molecule has 14 heavy (non-hydrogen) atoms. The largest absolute Gasteiger partial charge is 0.376 e. The lowest BCUT2D eigenvalue weighted by Gasteiger charge is -2.33. The van der Waals surface area contributed by atoms with Gasteiger partial charge in [0.15, 0.2) is 6.29 Å². The molecule has 3 atom stereocenters. The summed E-state index contributed by atoms with van der Waals surface area (Å²) in [6, 6.07) is 0. The number of rotatable bonds is 2. The van der Waals surface area contributed by atoms with Crippen LogP contribution >= 0.6 is 0 Å². The molecule has 3 heteroatoms. The molecule has 2 heterocycles. The summed E-state index contributed by atoms with van der Waals surface area (Å²) in [7, 11) is 0. The van der Waals surface area contributed by atoms with Crippen molar-refractivity contribution in [3.63, 3.8) is 0 Å². The van der Waals surface area contributed by atoms with Crippen molar-refractivity contribution in [3.05, 3.63) is 0 Å². The normalized spacial score (nSPS) is 39.6. The van der Waals surface area contributed by atoms with Crippen molar-refractivity contribution < 1.29 is 14.2 Å². The molecule has 2 aliphatic rings. The topological polar surface area (TPSA) is 27.7 Å². The molecule has 0 aromatic carbocycles. The van der Waals surface area contributed by atoms with Crippen molar-refractivity contribution in [1.29, 1.82) is 0 Å². The highest BCUT2D eigenvalue weighted by atomic mass is 16.7. The van der Waals surface area contributed by atoms with Gasteiger partial charge in [0.2, 0.25) is 0 Å². The summed E-state index contributed by atoms with van der Waals surface area (Å²) in [4.78, 5) is 0. The van der Waals surface area contributed by atoms with Crippen molar-refractivity contribution in [2.24, 2.45) is 0 Å². The Balaban J connectivity index is 1.76. The molecule has 82 valence electrons. The van der Waals surface area contributed by atoms with Crippen LogP contribution in [-0.4, -0.2) is 31.7 Å². The van der Waals surface area contributed by atoms with Crippen LogP contribution in [0.1, 0.15) is 39.0 Å². The Morgan fingerprint density at radius 3 is 2.57 bits per heavy atom. The Bertz CT molecular complexity index is 166. The third-order valence-electron chi connectivity index (χ3n) is 3.00. The second-order valence-corrected chi connectivity index (χ2v) is 4.19. The molecular formula is C11H20O3. The zero-order chi connectivity index (χ0) is 9.80. The molecule has 2 rings (SSSR count). The van der Waals surface area contributed by atoms with Crippen molar-refractivity contribution >= 4 is 0 Å². The Hall–Kier alpha value is -0.120. The van der Waals surface area contributed by atoms with E-state index in [1.165, 1.54) is 12.8 Å². The van der Waals surface area contributed by atoms with E-state index >= 15 is 0 Å². The van der Waals surface area contributed by atoms with E-state index in [-0.39, 0.29) is 18.5 Å². The SMILES string of the molecule is CC1OCCCC1OC1CCCCO1. The van der Waals surface area contributed by atoms with E-state index in [0.717, 1.165) is 32.5 Å². The van der Waals surface area contributed by atoms with Gasteiger partial charge in [-0.05, 0) is 39.0 Å². The fraction of sp³-hybridized carbons (Fsp3) is 1.00. The quantitative estimate of drug-likeness (QED) is 0.683. The lowest BCUT2D eigenvalue weighted by molar-refractivity contribution is -0.220. The Morgan fingerprint density at radius 1 is 1.00 bits per heavy atom. The highest BCUT2D eigenvalue weighted by molar-refractivity contribution is 4.72.